The quantitative estimate of drug-likeness (QED) is 0.209. The first-order chi connectivity index (χ1) is 19.1. The minimum atomic E-state index is -1.03. The van der Waals surface area contributed by atoms with Crippen molar-refractivity contribution in [3.05, 3.63) is 95.1 Å². The number of hydrogen-bond donors (Lipinski definition) is 2. The highest BCUT2D eigenvalue weighted by Gasteiger charge is 2.23. The molecule has 0 aliphatic heterocycles. The molecule has 0 spiro atoms. The summed E-state index contributed by atoms with van der Waals surface area (Å²) in [5.74, 6) is 0.108. The fourth-order valence-corrected chi connectivity index (χ4v) is 5.68. The first-order valence-electron chi connectivity index (χ1n) is 13.6. The molecule has 7 heteroatoms. The molecule has 1 unspecified atom stereocenters. The number of carbonyl (C=O) groups excluding carboxylic acids is 1. The zero-order valence-corrected chi connectivity index (χ0v) is 25.7. The molecule has 40 heavy (non-hydrogen) atoms. The van der Waals surface area contributed by atoms with Gasteiger partial charge in [0, 0.05) is 16.1 Å². The molecule has 0 radical (unpaired) electrons. The molecular weight excluding hydrogens is 539 g/mol. The second-order valence-corrected chi connectivity index (χ2v) is 13.7. The van der Waals surface area contributed by atoms with Gasteiger partial charge in [-0.3, -0.25) is 4.79 Å². The highest BCUT2D eigenvalue weighted by molar-refractivity contribution is 8.00. The van der Waals surface area contributed by atoms with Crippen LogP contribution in [0, 0.1) is 6.92 Å². The minimum Gasteiger partial charge on any atom is -0.480 e. The number of aryl methyl sites for hydroxylation is 1. The summed E-state index contributed by atoms with van der Waals surface area (Å²) in [7, 11) is 0. The van der Waals surface area contributed by atoms with E-state index in [4.69, 9.17) is 4.74 Å². The molecule has 0 aromatic heterocycles. The van der Waals surface area contributed by atoms with Crippen LogP contribution in [0.15, 0.2) is 72.8 Å². The third kappa shape index (κ3) is 10.0. The number of ether oxygens (including phenoxy) is 1. The van der Waals surface area contributed by atoms with Crippen molar-refractivity contribution in [1.29, 1.82) is 0 Å². The fourth-order valence-electron chi connectivity index (χ4n) is 4.31. The van der Waals surface area contributed by atoms with Crippen LogP contribution in [0.1, 0.15) is 54.2 Å². The van der Waals surface area contributed by atoms with Crippen LogP contribution in [0.3, 0.4) is 0 Å². The smallest absolute Gasteiger partial charge is 0.326 e. The molecular formula is C33H41NO4S2. The van der Waals surface area contributed by atoms with Gasteiger partial charge in [-0.2, -0.15) is 23.5 Å². The van der Waals surface area contributed by atoms with Crippen molar-refractivity contribution in [3.63, 3.8) is 0 Å². The van der Waals surface area contributed by atoms with E-state index in [1.807, 2.05) is 67.4 Å². The number of aliphatic carboxylic acids is 1. The van der Waals surface area contributed by atoms with E-state index >= 15 is 0 Å². The number of benzene rings is 3. The number of carboxylic acids is 1. The number of amides is 1. The summed E-state index contributed by atoms with van der Waals surface area (Å²) in [6.07, 6.45) is 3.14. The number of nitrogens with one attached hydrogen (secondary N) is 1. The lowest BCUT2D eigenvalue weighted by atomic mass is 9.93. The topological polar surface area (TPSA) is 75.6 Å². The van der Waals surface area contributed by atoms with Crippen molar-refractivity contribution >= 4 is 35.4 Å². The van der Waals surface area contributed by atoms with Crippen molar-refractivity contribution in [2.24, 2.45) is 0 Å². The summed E-state index contributed by atoms with van der Waals surface area (Å²) >= 11 is 3.45. The summed E-state index contributed by atoms with van der Waals surface area (Å²) in [6, 6.07) is 23.1. The normalized spacial score (nSPS) is 13.0. The van der Waals surface area contributed by atoms with Gasteiger partial charge in [0.05, 0.1) is 12.7 Å². The number of rotatable bonds is 14. The van der Waals surface area contributed by atoms with Crippen LogP contribution in [0.25, 0.3) is 11.1 Å². The van der Waals surface area contributed by atoms with E-state index in [9.17, 15) is 14.7 Å². The molecule has 0 aliphatic carbocycles. The van der Waals surface area contributed by atoms with Gasteiger partial charge < -0.3 is 15.2 Å². The Hall–Kier alpha value is -2.74. The van der Waals surface area contributed by atoms with Crippen LogP contribution in [-0.4, -0.2) is 51.6 Å². The van der Waals surface area contributed by atoms with Gasteiger partial charge >= 0.3 is 5.97 Å². The molecule has 3 aromatic rings. The van der Waals surface area contributed by atoms with Crippen LogP contribution in [0.2, 0.25) is 0 Å². The lowest BCUT2D eigenvalue weighted by molar-refractivity contribution is -0.139. The lowest BCUT2D eigenvalue weighted by Crippen LogP contribution is -2.41. The molecule has 0 bridgehead atoms. The standard InChI is InChI=1S/C33H41NO4S2/c1-23-11-9-10-14-27(23)29-20-25(15-16-28(29)31(35)34-30(32(36)37)17-18-39-5)21-38-26(22-40-33(2,3)4)19-24-12-7-6-8-13-24/h6-16,20,26,30H,17-19,21-22H2,1-5H3,(H,34,35)(H,36,37)/t26?,30-/m0/s1. The van der Waals surface area contributed by atoms with Crippen LogP contribution in [0.4, 0.5) is 0 Å². The maximum Gasteiger partial charge on any atom is 0.326 e. The molecule has 0 aliphatic rings. The molecule has 2 atom stereocenters. The third-order valence-corrected chi connectivity index (χ3v) is 8.52. The molecule has 214 valence electrons. The van der Waals surface area contributed by atoms with Gasteiger partial charge in [0.15, 0.2) is 0 Å². The largest absolute Gasteiger partial charge is 0.480 e. The second-order valence-electron chi connectivity index (χ2n) is 10.9. The number of hydrogen-bond acceptors (Lipinski definition) is 5. The van der Waals surface area contributed by atoms with E-state index in [1.165, 1.54) is 5.56 Å². The first-order valence-corrected chi connectivity index (χ1v) is 16.0. The van der Waals surface area contributed by atoms with Gasteiger partial charge in [0.2, 0.25) is 0 Å². The lowest BCUT2D eigenvalue weighted by Gasteiger charge is -2.24. The van der Waals surface area contributed by atoms with E-state index < -0.39 is 12.0 Å². The maximum atomic E-state index is 13.4. The first kappa shape index (κ1) is 31.8. The van der Waals surface area contributed by atoms with Crippen molar-refractivity contribution < 1.29 is 19.4 Å². The Morgan fingerprint density at radius 3 is 2.30 bits per heavy atom. The molecule has 0 fully saturated rings. The van der Waals surface area contributed by atoms with Gasteiger partial charge in [-0.15, -0.1) is 0 Å². The fraction of sp³-hybridized carbons (Fsp3) is 0.394. The Labute approximate surface area is 247 Å². The number of thioether (sulfide) groups is 2. The monoisotopic (exact) mass is 579 g/mol. The van der Waals surface area contributed by atoms with Gasteiger partial charge in [0.25, 0.3) is 5.91 Å². The third-order valence-electron chi connectivity index (χ3n) is 6.47. The Morgan fingerprint density at radius 2 is 1.65 bits per heavy atom. The summed E-state index contributed by atoms with van der Waals surface area (Å²) in [6.45, 7) is 9.06. The Balaban J connectivity index is 1.87. The van der Waals surface area contributed by atoms with Crippen molar-refractivity contribution in [2.75, 3.05) is 17.8 Å². The summed E-state index contributed by atoms with van der Waals surface area (Å²) in [5, 5.41) is 12.4. The van der Waals surface area contributed by atoms with Gasteiger partial charge in [0.1, 0.15) is 6.04 Å². The highest BCUT2D eigenvalue weighted by atomic mass is 32.2. The van der Waals surface area contributed by atoms with Crippen LogP contribution in [-0.2, 0) is 22.6 Å². The zero-order valence-electron chi connectivity index (χ0n) is 24.1. The van der Waals surface area contributed by atoms with Gasteiger partial charge in [-0.25, -0.2) is 4.79 Å². The molecule has 5 nitrogen and oxygen atoms in total. The molecule has 0 heterocycles. The van der Waals surface area contributed by atoms with Crippen LogP contribution < -0.4 is 5.32 Å². The second kappa shape index (κ2) is 15.3. The Kier molecular flexibility index (Phi) is 12.2. The summed E-state index contributed by atoms with van der Waals surface area (Å²) < 4.78 is 6.62. The summed E-state index contributed by atoms with van der Waals surface area (Å²) in [5.41, 5.74) is 5.41. The molecule has 3 rings (SSSR count). The predicted octanol–water partition coefficient (Wildman–Crippen LogP) is 7.26. The number of carbonyl (C=O) groups is 2. The molecule has 0 saturated carbocycles. The van der Waals surface area contributed by atoms with Crippen LogP contribution >= 0.6 is 23.5 Å². The SMILES string of the molecule is CSCC[C@H](NC(=O)c1ccc(COC(CSC(C)(C)C)Cc2ccccc2)cc1-c1ccccc1C)C(=O)O. The average molecular weight is 580 g/mol. The van der Waals surface area contributed by atoms with E-state index in [0.29, 0.717) is 24.3 Å². The molecule has 1 amide bonds. The maximum absolute atomic E-state index is 13.4. The van der Waals surface area contributed by atoms with Crippen molar-refractivity contribution in [2.45, 2.75) is 64.0 Å². The van der Waals surface area contributed by atoms with E-state index in [2.05, 4.69) is 50.4 Å². The van der Waals surface area contributed by atoms with E-state index in [-0.39, 0.29) is 16.8 Å². The van der Waals surface area contributed by atoms with E-state index in [1.54, 1.807) is 17.8 Å². The number of carboxylic acid groups (broad SMARTS) is 1. The minimum absolute atomic E-state index is 0.0317. The average Bonchev–Trinajstić information content (AvgIpc) is 2.92. The van der Waals surface area contributed by atoms with Gasteiger partial charge in [-0.1, -0.05) is 81.4 Å². The van der Waals surface area contributed by atoms with Crippen molar-refractivity contribution in [1.82, 2.24) is 5.32 Å². The molecule has 0 saturated heterocycles. The molecule has 3 aromatic carbocycles. The molecule has 2 N–H and O–H groups in total. The Bertz CT molecular complexity index is 1260. The zero-order chi connectivity index (χ0) is 29.1. The Morgan fingerprint density at radius 1 is 0.950 bits per heavy atom. The van der Waals surface area contributed by atoms with Crippen LogP contribution in [0.5, 0.6) is 0 Å². The van der Waals surface area contributed by atoms with Gasteiger partial charge in [-0.05, 0) is 71.7 Å². The predicted molar refractivity (Wildman–Crippen MR) is 169 cm³/mol. The highest BCUT2D eigenvalue weighted by Crippen LogP contribution is 2.30. The van der Waals surface area contributed by atoms with Crippen molar-refractivity contribution in [3.8, 4) is 11.1 Å². The van der Waals surface area contributed by atoms with E-state index in [0.717, 1.165) is 34.4 Å². The summed E-state index contributed by atoms with van der Waals surface area (Å²) in [4.78, 5) is 25.2.